The number of rotatable bonds is 8. The number of carbonyl (C=O) groups excluding carboxylic acids is 2. The summed E-state index contributed by atoms with van der Waals surface area (Å²) in [5.41, 5.74) is 1.29. The molecule has 0 atom stereocenters. The number of carbonyl (C=O) groups is 2. The number of ether oxygens (including phenoxy) is 3. The molecular weight excluding hydrogens is 364 g/mol. The molecule has 0 saturated heterocycles. The fourth-order valence-electron chi connectivity index (χ4n) is 2.30. The van der Waals surface area contributed by atoms with Gasteiger partial charge < -0.3 is 18.7 Å². The maximum atomic E-state index is 11.8. The summed E-state index contributed by atoms with van der Waals surface area (Å²) in [6.45, 7) is 1.03. The maximum Gasteiger partial charge on any atom is 0.344 e. The Morgan fingerprint density at radius 3 is 2.57 bits per heavy atom. The first-order chi connectivity index (χ1) is 13.5. The van der Waals surface area contributed by atoms with Crippen LogP contribution in [0.4, 0.5) is 0 Å². The van der Waals surface area contributed by atoms with Crippen LogP contribution in [0.3, 0.4) is 0 Å². The average molecular weight is 382 g/mol. The second-order valence-electron chi connectivity index (χ2n) is 5.77. The van der Waals surface area contributed by atoms with E-state index in [1.165, 1.54) is 6.92 Å². The summed E-state index contributed by atoms with van der Waals surface area (Å²) in [7, 11) is 1.57. The average Bonchev–Trinajstić information content (AvgIpc) is 3.20. The number of Topliss-reactive ketones (excluding diaryl/α,β-unsaturated/α-hetero) is 1. The Labute approximate surface area is 161 Å². The fraction of sp³-hybridized carbons (Fsp3) is 0.200. The van der Waals surface area contributed by atoms with E-state index in [9.17, 15) is 9.59 Å². The first kappa shape index (κ1) is 19.1. The second-order valence-corrected chi connectivity index (χ2v) is 5.77. The lowest BCUT2D eigenvalue weighted by Gasteiger charge is -2.06. The molecule has 144 valence electrons. The van der Waals surface area contributed by atoms with Crippen LogP contribution in [-0.4, -0.2) is 35.6 Å². The molecule has 8 nitrogen and oxygen atoms in total. The fourth-order valence-corrected chi connectivity index (χ4v) is 2.30. The Morgan fingerprint density at radius 2 is 1.86 bits per heavy atom. The van der Waals surface area contributed by atoms with Gasteiger partial charge in [0, 0.05) is 11.1 Å². The largest absolute Gasteiger partial charge is 0.497 e. The van der Waals surface area contributed by atoms with Crippen LogP contribution >= 0.6 is 0 Å². The molecular formula is C20H18N2O6. The quantitative estimate of drug-likeness (QED) is 0.433. The minimum absolute atomic E-state index is 0.0427. The lowest BCUT2D eigenvalue weighted by Crippen LogP contribution is -2.14. The SMILES string of the molecule is COc1cccc(-c2noc(COC(=O)COc3ccc(C(C)=O)cc3)n2)c1. The van der Waals surface area contributed by atoms with Crippen molar-refractivity contribution in [1.82, 2.24) is 10.1 Å². The molecule has 0 saturated carbocycles. The summed E-state index contributed by atoms with van der Waals surface area (Å²) in [4.78, 5) is 27.2. The van der Waals surface area contributed by atoms with Crippen LogP contribution in [0, 0.1) is 0 Å². The summed E-state index contributed by atoms with van der Waals surface area (Å²) in [5, 5.41) is 3.86. The molecule has 1 heterocycles. The van der Waals surface area contributed by atoms with Gasteiger partial charge in [-0.1, -0.05) is 17.3 Å². The Hall–Kier alpha value is -3.68. The molecule has 0 N–H and O–H groups in total. The van der Waals surface area contributed by atoms with Gasteiger partial charge in [0.1, 0.15) is 11.5 Å². The van der Waals surface area contributed by atoms with E-state index >= 15 is 0 Å². The highest BCUT2D eigenvalue weighted by Crippen LogP contribution is 2.21. The Bertz CT molecular complexity index is 965. The molecule has 0 aliphatic rings. The molecule has 28 heavy (non-hydrogen) atoms. The third kappa shape index (κ3) is 4.94. The molecule has 3 aromatic rings. The summed E-state index contributed by atoms with van der Waals surface area (Å²) in [6, 6.07) is 13.7. The smallest absolute Gasteiger partial charge is 0.344 e. The molecule has 8 heteroatoms. The van der Waals surface area contributed by atoms with E-state index in [2.05, 4.69) is 10.1 Å². The molecule has 0 fully saturated rings. The maximum absolute atomic E-state index is 11.8. The van der Waals surface area contributed by atoms with Gasteiger partial charge in [0.15, 0.2) is 19.0 Å². The molecule has 0 unspecified atom stereocenters. The van der Waals surface area contributed by atoms with Crippen molar-refractivity contribution in [2.24, 2.45) is 0 Å². The highest BCUT2D eigenvalue weighted by molar-refractivity contribution is 5.94. The second kappa shape index (κ2) is 8.81. The van der Waals surface area contributed by atoms with Gasteiger partial charge in [0.25, 0.3) is 5.89 Å². The van der Waals surface area contributed by atoms with Crippen LogP contribution in [0.15, 0.2) is 53.1 Å². The lowest BCUT2D eigenvalue weighted by atomic mass is 10.1. The van der Waals surface area contributed by atoms with Gasteiger partial charge in [-0.3, -0.25) is 4.79 Å². The molecule has 0 radical (unpaired) electrons. The first-order valence-corrected chi connectivity index (χ1v) is 8.41. The molecule has 0 spiro atoms. The van der Waals surface area contributed by atoms with Gasteiger partial charge in [0.2, 0.25) is 5.82 Å². The highest BCUT2D eigenvalue weighted by atomic mass is 16.6. The molecule has 0 amide bonds. The van der Waals surface area contributed by atoms with Crippen molar-refractivity contribution < 1.29 is 28.3 Å². The Morgan fingerprint density at radius 1 is 1.07 bits per heavy atom. The molecule has 2 aromatic carbocycles. The third-order valence-electron chi connectivity index (χ3n) is 3.77. The highest BCUT2D eigenvalue weighted by Gasteiger charge is 2.12. The van der Waals surface area contributed by atoms with Crippen LogP contribution in [0.2, 0.25) is 0 Å². The zero-order valence-corrected chi connectivity index (χ0v) is 15.4. The van der Waals surface area contributed by atoms with Crippen molar-refractivity contribution >= 4 is 11.8 Å². The predicted octanol–water partition coefficient (Wildman–Crippen LogP) is 3.07. The van der Waals surface area contributed by atoms with E-state index in [4.69, 9.17) is 18.7 Å². The minimum Gasteiger partial charge on any atom is -0.497 e. The van der Waals surface area contributed by atoms with Crippen LogP contribution < -0.4 is 9.47 Å². The van der Waals surface area contributed by atoms with Crippen LogP contribution in [0.1, 0.15) is 23.2 Å². The van der Waals surface area contributed by atoms with E-state index < -0.39 is 5.97 Å². The van der Waals surface area contributed by atoms with Gasteiger partial charge in [-0.05, 0) is 43.3 Å². The van der Waals surface area contributed by atoms with Gasteiger partial charge in [-0.2, -0.15) is 4.98 Å². The summed E-state index contributed by atoms with van der Waals surface area (Å²) < 4.78 is 20.6. The number of aromatic nitrogens is 2. The Kier molecular flexibility index (Phi) is 6.01. The number of benzene rings is 2. The first-order valence-electron chi connectivity index (χ1n) is 8.41. The van der Waals surface area contributed by atoms with Crippen molar-refractivity contribution in [3.8, 4) is 22.9 Å². The van der Waals surface area contributed by atoms with Crippen LogP contribution in [-0.2, 0) is 16.1 Å². The predicted molar refractivity (Wildman–Crippen MR) is 98.0 cm³/mol. The van der Waals surface area contributed by atoms with E-state index in [1.807, 2.05) is 12.1 Å². The summed E-state index contributed by atoms with van der Waals surface area (Å²) in [6.07, 6.45) is 0. The summed E-state index contributed by atoms with van der Waals surface area (Å²) in [5.74, 6) is 1.03. The molecule has 0 aliphatic carbocycles. The van der Waals surface area contributed by atoms with Crippen molar-refractivity contribution in [2.75, 3.05) is 13.7 Å². The number of esters is 1. The van der Waals surface area contributed by atoms with E-state index in [-0.39, 0.29) is 24.9 Å². The monoisotopic (exact) mass is 382 g/mol. The van der Waals surface area contributed by atoms with Crippen LogP contribution in [0.25, 0.3) is 11.4 Å². The lowest BCUT2D eigenvalue weighted by molar-refractivity contribution is -0.148. The number of methoxy groups -OCH3 is 1. The van der Waals surface area contributed by atoms with Crippen molar-refractivity contribution in [1.29, 1.82) is 0 Å². The van der Waals surface area contributed by atoms with Crippen molar-refractivity contribution in [3.05, 3.63) is 60.0 Å². The molecule has 3 rings (SSSR count). The van der Waals surface area contributed by atoms with Crippen molar-refractivity contribution in [2.45, 2.75) is 13.5 Å². The topological polar surface area (TPSA) is 101 Å². The standard InChI is InChI=1S/C20H18N2O6/c1-13(23)14-6-8-16(9-7-14)26-12-19(24)27-11-18-21-20(22-28-18)15-4-3-5-17(10-15)25-2/h3-10H,11-12H2,1-2H3. The van der Waals surface area contributed by atoms with Gasteiger partial charge in [0.05, 0.1) is 7.11 Å². The number of nitrogens with zero attached hydrogens (tertiary/aromatic N) is 2. The third-order valence-corrected chi connectivity index (χ3v) is 3.77. The van der Waals surface area contributed by atoms with E-state index in [0.717, 1.165) is 5.56 Å². The van der Waals surface area contributed by atoms with E-state index in [0.29, 0.717) is 22.9 Å². The number of ketones is 1. The minimum atomic E-state index is -0.586. The zero-order chi connectivity index (χ0) is 19.9. The number of hydrogen-bond donors (Lipinski definition) is 0. The molecule has 1 aromatic heterocycles. The van der Waals surface area contributed by atoms with Gasteiger partial charge >= 0.3 is 5.97 Å². The Balaban J connectivity index is 1.49. The van der Waals surface area contributed by atoms with E-state index in [1.54, 1.807) is 43.5 Å². The number of hydrogen-bond acceptors (Lipinski definition) is 8. The molecule has 0 aliphatic heterocycles. The van der Waals surface area contributed by atoms with Gasteiger partial charge in [-0.25, -0.2) is 4.79 Å². The molecule has 0 bridgehead atoms. The summed E-state index contributed by atoms with van der Waals surface area (Å²) >= 11 is 0. The zero-order valence-electron chi connectivity index (χ0n) is 15.4. The van der Waals surface area contributed by atoms with Crippen molar-refractivity contribution in [3.63, 3.8) is 0 Å². The van der Waals surface area contributed by atoms with Gasteiger partial charge in [-0.15, -0.1) is 0 Å². The normalized spacial score (nSPS) is 10.4. The van der Waals surface area contributed by atoms with Crippen LogP contribution in [0.5, 0.6) is 11.5 Å².